The van der Waals surface area contributed by atoms with Gasteiger partial charge in [-0.1, -0.05) is 25.8 Å². The summed E-state index contributed by atoms with van der Waals surface area (Å²) >= 11 is 0. The monoisotopic (exact) mass is 458 g/mol. The van der Waals surface area contributed by atoms with Crippen molar-refractivity contribution in [2.45, 2.75) is 26.2 Å². The third-order valence-electron chi connectivity index (χ3n) is 5.34. The fraction of sp³-hybridized carbons (Fsp3) is 0.259. The molecule has 0 aliphatic rings. The highest BCUT2D eigenvalue weighted by Gasteiger charge is 2.11. The molecule has 1 amide bonds. The van der Waals surface area contributed by atoms with Crippen LogP contribution in [-0.2, 0) is 4.74 Å². The summed E-state index contributed by atoms with van der Waals surface area (Å²) in [5, 5.41) is 11.4. The number of hydrogen-bond donors (Lipinski definition) is 1. The van der Waals surface area contributed by atoms with Crippen LogP contribution in [0.5, 0.6) is 0 Å². The lowest BCUT2D eigenvalue weighted by atomic mass is 10.1. The molecule has 0 fully saturated rings. The third kappa shape index (κ3) is 7.00. The second-order valence-corrected chi connectivity index (χ2v) is 7.92. The Labute approximate surface area is 200 Å². The summed E-state index contributed by atoms with van der Waals surface area (Å²) in [4.78, 5) is 26.4. The molecule has 3 aromatic rings. The van der Waals surface area contributed by atoms with Gasteiger partial charge in [0.2, 0.25) is 0 Å². The fourth-order valence-corrected chi connectivity index (χ4v) is 3.34. The average molecular weight is 459 g/mol. The van der Waals surface area contributed by atoms with E-state index in [2.05, 4.69) is 34.4 Å². The average Bonchev–Trinajstić information content (AvgIpc) is 2.88. The van der Waals surface area contributed by atoms with Crippen LogP contribution in [0.15, 0.2) is 83.0 Å². The third-order valence-corrected chi connectivity index (χ3v) is 5.34. The molecule has 3 rings (SSSR count). The van der Waals surface area contributed by atoms with Gasteiger partial charge in [0.15, 0.2) is 0 Å². The second-order valence-electron chi connectivity index (χ2n) is 7.92. The predicted molar refractivity (Wildman–Crippen MR) is 136 cm³/mol. The Kier molecular flexibility index (Phi) is 8.91. The van der Waals surface area contributed by atoms with Crippen molar-refractivity contribution in [3.05, 3.63) is 83.9 Å². The lowest BCUT2D eigenvalue weighted by Crippen LogP contribution is -2.18. The molecular weight excluding hydrogens is 428 g/mol. The second kappa shape index (κ2) is 12.3. The predicted octanol–water partition coefficient (Wildman–Crippen LogP) is 6.77. The minimum absolute atomic E-state index is 0.320. The number of hydrogen-bond acceptors (Lipinski definition) is 6. The molecule has 1 N–H and O–H groups in total. The minimum Gasteiger partial charge on any atom is -0.465 e. The molecule has 7 heteroatoms. The van der Waals surface area contributed by atoms with Gasteiger partial charge in [0.25, 0.3) is 5.91 Å². The molecule has 0 saturated carbocycles. The maximum atomic E-state index is 12.5. The summed E-state index contributed by atoms with van der Waals surface area (Å²) in [6.07, 6.45) is 3.64. The topological polar surface area (TPSA) is 83.4 Å². The van der Waals surface area contributed by atoms with Crippen molar-refractivity contribution in [3.8, 4) is 0 Å². The number of carbonyl (C=O) groups is 2. The molecule has 0 radical (unpaired) electrons. The molecule has 0 aliphatic carbocycles. The van der Waals surface area contributed by atoms with Crippen molar-refractivity contribution in [2.75, 3.05) is 30.9 Å². The summed E-state index contributed by atoms with van der Waals surface area (Å²) in [5.74, 6) is -0.808. The van der Waals surface area contributed by atoms with Crippen molar-refractivity contribution < 1.29 is 14.3 Å². The highest BCUT2D eigenvalue weighted by Crippen LogP contribution is 2.23. The van der Waals surface area contributed by atoms with E-state index in [-0.39, 0.29) is 5.91 Å². The SMILES string of the molecule is CCCCCN(C)c1ccc(N=Nc2ccc(NC(=O)c3cccc(C(=O)OC)c3)cc2)cc1. The van der Waals surface area contributed by atoms with Crippen molar-refractivity contribution >= 4 is 34.6 Å². The van der Waals surface area contributed by atoms with Crippen LogP contribution in [0.3, 0.4) is 0 Å². The Balaban J connectivity index is 1.57. The molecule has 34 heavy (non-hydrogen) atoms. The molecule has 0 saturated heterocycles. The first-order valence-electron chi connectivity index (χ1n) is 11.3. The van der Waals surface area contributed by atoms with Gasteiger partial charge in [0.05, 0.1) is 24.0 Å². The Bertz CT molecular complexity index is 1130. The minimum atomic E-state index is -0.488. The van der Waals surface area contributed by atoms with E-state index >= 15 is 0 Å². The van der Waals surface area contributed by atoms with E-state index in [1.165, 1.54) is 32.4 Å². The van der Waals surface area contributed by atoms with Crippen LogP contribution >= 0.6 is 0 Å². The van der Waals surface area contributed by atoms with Gasteiger partial charge in [-0.25, -0.2) is 4.79 Å². The number of benzene rings is 3. The Hall–Kier alpha value is -4.00. The van der Waals surface area contributed by atoms with Crippen molar-refractivity contribution in [2.24, 2.45) is 10.2 Å². The molecule has 0 aromatic heterocycles. The molecule has 176 valence electrons. The summed E-state index contributed by atoms with van der Waals surface area (Å²) in [6.45, 7) is 3.24. The van der Waals surface area contributed by atoms with Crippen LogP contribution in [0, 0.1) is 0 Å². The molecule has 0 heterocycles. The zero-order valence-corrected chi connectivity index (χ0v) is 19.8. The molecule has 0 spiro atoms. The molecular formula is C27H30N4O3. The highest BCUT2D eigenvalue weighted by atomic mass is 16.5. The fourth-order valence-electron chi connectivity index (χ4n) is 3.34. The first-order chi connectivity index (χ1) is 16.5. The van der Waals surface area contributed by atoms with E-state index in [0.29, 0.717) is 22.5 Å². The summed E-state index contributed by atoms with van der Waals surface area (Å²) in [6, 6.07) is 21.4. The Morgan fingerprint density at radius 2 is 1.50 bits per heavy atom. The van der Waals surface area contributed by atoms with Gasteiger partial charge in [-0.2, -0.15) is 10.2 Å². The zero-order chi connectivity index (χ0) is 24.3. The van der Waals surface area contributed by atoms with E-state index in [4.69, 9.17) is 4.74 Å². The Morgan fingerprint density at radius 1 is 0.882 bits per heavy atom. The van der Waals surface area contributed by atoms with Gasteiger partial charge >= 0.3 is 5.97 Å². The van der Waals surface area contributed by atoms with Gasteiger partial charge in [-0.15, -0.1) is 0 Å². The summed E-state index contributed by atoms with van der Waals surface area (Å²) in [5.41, 5.74) is 3.91. The van der Waals surface area contributed by atoms with Crippen molar-refractivity contribution in [1.82, 2.24) is 0 Å². The van der Waals surface area contributed by atoms with Gasteiger partial charge in [0, 0.05) is 30.5 Å². The van der Waals surface area contributed by atoms with Gasteiger partial charge < -0.3 is 15.0 Å². The smallest absolute Gasteiger partial charge is 0.337 e. The van der Waals surface area contributed by atoms with Crippen LogP contribution in [0.2, 0.25) is 0 Å². The maximum Gasteiger partial charge on any atom is 0.337 e. The van der Waals surface area contributed by atoms with E-state index < -0.39 is 5.97 Å². The number of rotatable bonds is 10. The first kappa shape index (κ1) is 24.6. The number of methoxy groups -OCH3 is 1. The number of nitrogens with one attached hydrogen (secondary N) is 1. The van der Waals surface area contributed by atoms with Crippen LogP contribution < -0.4 is 10.2 Å². The standard InChI is InChI=1S/C27H30N4O3/c1-4-5-6-18-31(2)25-16-14-24(15-17-25)30-29-23-12-10-22(11-13-23)28-26(32)20-8-7-9-21(19-20)27(33)34-3/h7-17,19H,4-6,18H2,1-3H3,(H,28,32). The van der Waals surface area contributed by atoms with Crippen molar-refractivity contribution in [1.29, 1.82) is 0 Å². The van der Waals surface area contributed by atoms with E-state index in [1.54, 1.807) is 42.5 Å². The number of ether oxygens (including phenoxy) is 1. The molecule has 0 bridgehead atoms. The van der Waals surface area contributed by atoms with E-state index in [0.717, 1.165) is 17.9 Å². The lowest BCUT2D eigenvalue weighted by molar-refractivity contribution is 0.0600. The van der Waals surface area contributed by atoms with Crippen LogP contribution in [0.1, 0.15) is 46.9 Å². The summed E-state index contributed by atoms with van der Waals surface area (Å²) < 4.78 is 4.70. The normalized spacial score (nSPS) is 10.8. The van der Waals surface area contributed by atoms with Gasteiger partial charge in [0.1, 0.15) is 0 Å². The largest absolute Gasteiger partial charge is 0.465 e. The number of unbranched alkanes of at least 4 members (excludes halogenated alkanes) is 2. The highest BCUT2D eigenvalue weighted by molar-refractivity contribution is 6.05. The van der Waals surface area contributed by atoms with E-state index in [9.17, 15) is 9.59 Å². The van der Waals surface area contributed by atoms with E-state index in [1.807, 2.05) is 24.3 Å². The van der Waals surface area contributed by atoms with Gasteiger partial charge in [-0.3, -0.25) is 4.79 Å². The lowest BCUT2D eigenvalue weighted by Gasteiger charge is -2.19. The number of anilines is 2. The molecule has 0 unspecified atom stereocenters. The summed E-state index contributed by atoms with van der Waals surface area (Å²) in [7, 11) is 3.40. The van der Waals surface area contributed by atoms with Crippen molar-refractivity contribution in [3.63, 3.8) is 0 Å². The molecule has 0 atom stereocenters. The maximum absolute atomic E-state index is 12.5. The van der Waals surface area contributed by atoms with Crippen LogP contribution in [-0.4, -0.2) is 32.6 Å². The molecule has 0 aliphatic heterocycles. The number of amides is 1. The Morgan fingerprint density at radius 3 is 2.12 bits per heavy atom. The molecule has 7 nitrogen and oxygen atoms in total. The quantitative estimate of drug-likeness (QED) is 0.206. The molecule has 3 aromatic carbocycles. The zero-order valence-electron chi connectivity index (χ0n) is 19.8. The number of esters is 1. The van der Waals surface area contributed by atoms with Crippen LogP contribution in [0.25, 0.3) is 0 Å². The number of carbonyl (C=O) groups excluding carboxylic acids is 2. The first-order valence-corrected chi connectivity index (χ1v) is 11.3. The number of nitrogens with zero attached hydrogens (tertiary/aromatic N) is 3. The van der Waals surface area contributed by atoms with Gasteiger partial charge in [-0.05, 0) is 73.2 Å². The number of azo groups is 1. The van der Waals surface area contributed by atoms with Crippen LogP contribution in [0.4, 0.5) is 22.7 Å².